The van der Waals surface area contributed by atoms with E-state index in [-0.39, 0.29) is 10.6 Å². The van der Waals surface area contributed by atoms with Gasteiger partial charge in [0.15, 0.2) is 5.11 Å². The molecule has 0 saturated carbocycles. The van der Waals surface area contributed by atoms with E-state index in [4.69, 9.17) is 23.8 Å². The van der Waals surface area contributed by atoms with E-state index in [2.05, 4.69) is 24.1 Å². The molecule has 2 rings (SSSR count). The Morgan fingerprint density at radius 1 is 1.33 bits per heavy atom. The molecule has 0 spiro atoms. The quantitative estimate of drug-likeness (QED) is 0.386. The van der Waals surface area contributed by atoms with Crippen LogP contribution in [0.25, 0.3) is 0 Å². The predicted molar refractivity (Wildman–Crippen MR) is 116 cm³/mol. The summed E-state index contributed by atoms with van der Waals surface area (Å²) < 4.78 is 0. The largest absolute Gasteiger partial charge is 0.362 e. The van der Waals surface area contributed by atoms with E-state index in [0.717, 1.165) is 31.2 Å². The third-order valence-electron chi connectivity index (χ3n) is 5.13. The highest BCUT2D eigenvalue weighted by molar-refractivity contribution is 7.80. The summed E-state index contributed by atoms with van der Waals surface area (Å²) in [5.41, 5.74) is 0.673. The molecule has 1 heterocycles. The number of nitrogens with one attached hydrogen (secondary N) is 1. The van der Waals surface area contributed by atoms with Crippen LogP contribution in [-0.4, -0.2) is 47.7 Å². The van der Waals surface area contributed by atoms with E-state index in [1.807, 2.05) is 4.90 Å². The molecule has 150 valence electrons. The Kier molecular flexibility index (Phi) is 8.57. The highest BCUT2D eigenvalue weighted by Gasteiger charge is 2.25. The number of thiocarbonyl (C=S) groups is 1. The number of nitro groups is 1. The van der Waals surface area contributed by atoms with Gasteiger partial charge in [-0.25, -0.2) is 0 Å². The molecule has 1 N–H and O–H groups in total. The van der Waals surface area contributed by atoms with Crippen molar-refractivity contribution in [2.75, 3.05) is 37.6 Å². The zero-order valence-corrected chi connectivity index (χ0v) is 17.7. The number of anilines is 1. The second kappa shape index (κ2) is 10.7. The standard InChI is InChI=1S/C19H29ClN4O2S/c1-3-5-6-15(4-2)14-21-19(27)23-11-9-22(10-12-23)17-8-7-16(20)13-18(17)24(25)26/h7-8,13,15H,3-6,9-12,14H2,1-2H3,(H,21,27)/t15-/m0/s1. The van der Waals surface area contributed by atoms with Gasteiger partial charge in [-0.3, -0.25) is 10.1 Å². The first-order valence-electron chi connectivity index (χ1n) is 9.67. The van der Waals surface area contributed by atoms with Gasteiger partial charge in [-0.1, -0.05) is 44.7 Å². The van der Waals surface area contributed by atoms with Crippen LogP contribution in [0.2, 0.25) is 5.02 Å². The maximum absolute atomic E-state index is 11.3. The second-order valence-electron chi connectivity index (χ2n) is 6.97. The van der Waals surface area contributed by atoms with Gasteiger partial charge in [-0.15, -0.1) is 0 Å². The molecule has 0 aromatic heterocycles. The first kappa shape index (κ1) is 21.7. The van der Waals surface area contributed by atoms with Crippen molar-refractivity contribution >= 4 is 40.3 Å². The molecule has 1 aliphatic heterocycles. The molecule has 0 aliphatic carbocycles. The highest BCUT2D eigenvalue weighted by Crippen LogP contribution is 2.31. The van der Waals surface area contributed by atoms with Crippen LogP contribution in [0.3, 0.4) is 0 Å². The molecule has 1 aromatic carbocycles. The molecule has 0 bridgehead atoms. The Hall–Kier alpha value is -1.60. The monoisotopic (exact) mass is 412 g/mol. The molecular weight excluding hydrogens is 384 g/mol. The van der Waals surface area contributed by atoms with Gasteiger partial charge >= 0.3 is 0 Å². The molecule has 0 radical (unpaired) electrons. The molecule has 0 unspecified atom stereocenters. The Morgan fingerprint density at radius 2 is 2.04 bits per heavy atom. The molecule has 27 heavy (non-hydrogen) atoms. The summed E-state index contributed by atoms with van der Waals surface area (Å²) in [6, 6.07) is 4.84. The van der Waals surface area contributed by atoms with Gasteiger partial charge in [0, 0.05) is 43.8 Å². The number of unbranched alkanes of at least 4 members (excludes halogenated alkanes) is 1. The van der Waals surface area contributed by atoms with Crippen molar-refractivity contribution in [3.05, 3.63) is 33.3 Å². The lowest BCUT2D eigenvalue weighted by molar-refractivity contribution is -0.384. The van der Waals surface area contributed by atoms with Gasteiger partial charge < -0.3 is 15.1 Å². The third kappa shape index (κ3) is 6.21. The normalized spacial score (nSPS) is 15.5. The van der Waals surface area contributed by atoms with Crippen LogP contribution < -0.4 is 10.2 Å². The minimum absolute atomic E-state index is 0.0540. The molecule has 1 aromatic rings. The summed E-state index contributed by atoms with van der Waals surface area (Å²) in [7, 11) is 0. The van der Waals surface area contributed by atoms with Crippen molar-refractivity contribution in [2.24, 2.45) is 5.92 Å². The van der Waals surface area contributed by atoms with Crippen molar-refractivity contribution in [1.29, 1.82) is 0 Å². The third-order valence-corrected chi connectivity index (χ3v) is 5.76. The van der Waals surface area contributed by atoms with E-state index in [1.54, 1.807) is 12.1 Å². The first-order chi connectivity index (χ1) is 13.0. The lowest BCUT2D eigenvalue weighted by Gasteiger charge is -2.37. The van der Waals surface area contributed by atoms with Crippen LogP contribution in [-0.2, 0) is 0 Å². The lowest BCUT2D eigenvalue weighted by Crippen LogP contribution is -2.52. The van der Waals surface area contributed by atoms with Crippen LogP contribution >= 0.6 is 23.8 Å². The SMILES string of the molecule is CCCC[C@H](CC)CNC(=S)N1CCN(c2ccc(Cl)cc2[N+](=O)[O-])CC1. The molecular formula is C19H29ClN4O2S. The molecule has 1 atom stereocenters. The number of benzene rings is 1. The first-order valence-corrected chi connectivity index (χ1v) is 10.5. The number of rotatable bonds is 8. The minimum Gasteiger partial charge on any atom is -0.362 e. The smallest absolute Gasteiger partial charge is 0.294 e. The van der Waals surface area contributed by atoms with Gasteiger partial charge in [-0.05, 0) is 36.7 Å². The average molecular weight is 413 g/mol. The van der Waals surface area contributed by atoms with Crippen molar-refractivity contribution in [3.8, 4) is 0 Å². The van der Waals surface area contributed by atoms with Crippen molar-refractivity contribution in [2.45, 2.75) is 39.5 Å². The Labute approximate surface area is 172 Å². The zero-order chi connectivity index (χ0) is 19.8. The van der Waals surface area contributed by atoms with Crippen molar-refractivity contribution in [3.63, 3.8) is 0 Å². The van der Waals surface area contributed by atoms with E-state index < -0.39 is 0 Å². The van der Waals surface area contributed by atoms with E-state index in [9.17, 15) is 10.1 Å². The topological polar surface area (TPSA) is 61.6 Å². The van der Waals surface area contributed by atoms with Gasteiger partial charge in [0.25, 0.3) is 5.69 Å². The van der Waals surface area contributed by atoms with Crippen LogP contribution in [0, 0.1) is 16.0 Å². The summed E-state index contributed by atoms with van der Waals surface area (Å²) in [6.07, 6.45) is 4.87. The molecule has 0 amide bonds. The maximum atomic E-state index is 11.3. The number of hydrogen-bond acceptors (Lipinski definition) is 4. The van der Waals surface area contributed by atoms with Gasteiger partial charge in [0.1, 0.15) is 5.69 Å². The number of hydrogen-bond donors (Lipinski definition) is 1. The Morgan fingerprint density at radius 3 is 2.63 bits per heavy atom. The molecule has 1 saturated heterocycles. The Balaban J connectivity index is 1.88. The number of piperazine rings is 1. The van der Waals surface area contributed by atoms with Gasteiger partial charge in [-0.2, -0.15) is 0 Å². The predicted octanol–water partition coefficient (Wildman–Crippen LogP) is 4.46. The minimum atomic E-state index is -0.374. The van der Waals surface area contributed by atoms with Crippen molar-refractivity contribution in [1.82, 2.24) is 10.2 Å². The van der Waals surface area contributed by atoms with Crippen LogP contribution in [0.4, 0.5) is 11.4 Å². The van der Waals surface area contributed by atoms with Crippen LogP contribution in [0.5, 0.6) is 0 Å². The van der Waals surface area contributed by atoms with E-state index >= 15 is 0 Å². The Bertz CT molecular complexity index is 651. The summed E-state index contributed by atoms with van der Waals surface area (Å²) in [5.74, 6) is 0.654. The van der Waals surface area contributed by atoms with E-state index in [0.29, 0.717) is 29.7 Å². The highest BCUT2D eigenvalue weighted by atomic mass is 35.5. The lowest BCUT2D eigenvalue weighted by atomic mass is 9.99. The summed E-state index contributed by atoms with van der Waals surface area (Å²) in [4.78, 5) is 15.1. The molecule has 6 nitrogen and oxygen atoms in total. The van der Waals surface area contributed by atoms with Gasteiger partial charge in [0.05, 0.1) is 4.92 Å². The zero-order valence-electron chi connectivity index (χ0n) is 16.1. The summed E-state index contributed by atoms with van der Waals surface area (Å²) in [5, 5.41) is 15.9. The number of halogens is 1. The molecule has 8 heteroatoms. The average Bonchev–Trinajstić information content (AvgIpc) is 2.68. The fraction of sp³-hybridized carbons (Fsp3) is 0.632. The van der Waals surface area contributed by atoms with Crippen molar-refractivity contribution < 1.29 is 4.92 Å². The summed E-state index contributed by atoms with van der Waals surface area (Å²) >= 11 is 11.5. The van der Waals surface area contributed by atoms with Crippen LogP contribution in [0.15, 0.2) is 18.2 Å². The van der Waals surface area contributed by atoms with E-state index in [1.165, 1.54) is 25.3 Å². The summed E-state index contributed by atoms with van der Waals surface area (Å²) in [6.45, 7) is 8.24. The maximum Gasteiger partial charge on any atom is 0.294 e. The fourth-order valence-electron chi connectivity index (χ4n) is 3.35. The number of nitrogens with zero attached hydrogens (tertiary/aromatic N) is 3. The van der Waals surface area contributed by atoms with Gasteiger partial charge in [0.2, 0.25) is 0 Å². The molecule has 1 aliphatic rings. The second-order valence-corrected chi connectivity index (χ2v) is 7.79. The molecule has 1 fully saturated rings. The number of nitro benzene ring substituents is 1. The fourth-order valence-corrected chi connectivity index (χ4v) is 3.78. The van der Waals surface area contributed by atoms with Crippen LogP contribution in [0.1, 0.15) is 39.5 Å².